The van der Waals surface area contributed by atoms with Crippen LogP contribution < -0.4 is 15.2 Å². The molecule has 0 heterocycles. The Bertz CT molecular complexity index is 714. The van der Waals surface area contributed by atoms with Crippen LogP contribution in [-0.4, -0.2) is 25.1 Å². The van der Waals surface area contributed by atoms with Crippen LogP contribution in [0, 0.1) is 0 Å². The zero-order valence-corrected chi connectivity index (χ0v) is 13.4. The molecule has 0 atom stereocenters. The summed E-state index contributed by atoms with van der Waals surface area (Å²) in [7, 11) is 0. The van der Waals surface area contributed by atoms with Crippen molar-refractivity contribution in [1.29, 1.82) is 0 Å². The number of ether oxygens (including phenoxy) is 3. The first kappa shape index (κ1) is 17.3. The van der Waals surface area contributed by atoms with E-state index in [-0.39, 0.29) is 24.5 Å². The van der Waals surface area contributed by atoms with Gasteiger partial charge in [0.05, 0.1) is 12.2 Å². The summed E-state index contributed by atoms with van der Waals surface area (Å²) in [5.41, 5.74) is 6.24. The van der Waals surface area contributed by atoms with Crippen molar-refractivity contribution < 1.29 is 23.8 Å². The van der Waals surface area contributed by atoms with Crippen molar-refractivity contribution in [2.45, 2.75) is 13.5 Å². The molecule has 6 heteroatoms. The third-order valence-corrected chi connectivity index (χ3v) is 3.16. The van der Waals surface area contributed by atoms with E-state index < -0.39 is 11.9 Å². The van der Waals surface area contributed by atoms with Crippen LogP contribution in [-0.2, 0) is 16.1 Å². The number of nitrogens with two attached hydrogens (primary N) is 1. The Labute approximate surface area is 140 Å². The lowest BCUT2D eigenvalue weighted by Crippen LogP contribution is -2.18. The largest absolute Gasteiger partial charge is 0.493 e. The van der Waals surface area contributed by atoms with Crippen molar-refractivity contribution in [3.05, 3.63) is 59.7 Å². The third-order valence-electron chi connectivity index (χ3n) is 3.16. The fraction of sp³-hybridized carbons (Fsp3) is 0.222. The van der Waals surface area contributed by atoms with Crippen LogP contribution in [0.1, 0.15) is 22.8 Å². The van der Waals surface area contributed by atoms with Crippen molar-refractivity contribution in [3.8, 4) is 11.5 Å². The molecular formula is C18H19NO5. The number of esters is 1. The van der Waals surface area contributed by atoms with Gasteiger partial charge < -0.3 is 19.9 Å². The molecule has 0 saturated carbocycles. The number of carbonyl (C=O) groups is 2. The molecule has 126 valence electrons. The quantitative estimate of drug-likeness (QED) is 0.751. The summed E-state index contributed by atoms with van der Waals surface area (Å²) < 4.78 is 16.0. The van der Waals surface area contributed by atoms with Gasteiger partial charge in [-0.25, -0.2) is 4.79 Å². The van der Waals surface area contributed by atoms with Gasteiger partial charge in [-0.1, -0.05) is 30.3 Å². The van der Waals surface area contributed by atoms with Crippen molar-refractivity contribution in [1.82, 2.24) is 0 Å². The summed E-state index contributed by atoms with van der Waals surface area (Å²) >= 11 is 0. The van der Waals surface area contributed by atoms with Crippen LogP contribution in [0.4, 0.5) is 0 Å². The lowest BCUT2D eigenvalue weighted by molar-refractivity contribution is -0.147. The van der Waals surface area contributed by atoms with Gasteiger partial charge in [-0.3, -0.25) is 4.79 Å². The van der Waals surface area contributed by atoms with Crippen LogP contribution in [0.15, 0.2) is 48.5 Å². The van der Waals surface area contributed by atoms with Gasteiger partial charge in [0.2, 0.25) is 0 Å². The van der Waals surface area contributed by atoms with E-state index in [4.69, 9.17) is 19.9 Å². The molecule has 0 aliphatic carbocycles. The zero-order valence-electron chi connectivity index (χ0n) is 13.4. The van der Waals surface area contributed by atoms with Crippen LogP contribution >= 0.6 is 0 Å². The van der Waals surface area contributed by atoms with Crippen LogP contribution in [0.5, 0.6) is 11.5 Å². The number of amides is 1. The van der Waals surface area contributed by atoms with Gasteiger partial charge in [-0.15, -0.1) is 0 Å². The maximum Gasteiger partial charge on any atom is 0.344 e. The Morgan fingerprint density at radius 3 is 2.33 bits per heavy atom. The van der Waals surface area contributed by atoms with Gasteiger partial charge in [0, 0.05) is 5.56 Å². The van der Waals surface area contributed by atoms with Gasteiger partial charge in [0.25, 0.3) is 5.91 Å². The molecular weight excluding hydrogens is 310 g/mol. The highest BCUT2D eigenvalue weighted by Gasteiger charge is 2.12. The Hall–Kier alpha value is -3.02. The van der Waals surface area contributed by atoms with E-state index in [1.165, 1.54) is 6.07 Å². The summed E-state index contributed by atoms with van der Waals surface area (Å²) in [5, 5.41) is 0. The Morgan fingerprint density at radius 2 is 1.62 bits per heavy atom. The van der Waals surface area contributed by atoms with Gasteiger partial charge in [-0.2, -0.15) is 0 Å². The summed E-state index contributed by atoms with van der Waals surface area (Å²) in [5.74, 6) is -0.255. The van der Waals surface area contributed by atoms with Crippen molar-refractivity contribution in [3.63, 3.8) is 0 Å². The number of hydrogen-bond acceptors (Lipinski definition) is 5. The average Bonchev–Trinajstić information content (AvgIpc) is 2.59. The molecule has 2 aromatic carbocycles. The summed E-state index contributed by atoms with van der Waals surface area (Å²) in [6, 6.07) is 13.8. The maximum absolute atomic E-state index is 11.8. The molecule has 2 aromatic rings. The second kappa shape index (κ2) is 8.57. The number of benzene rings is 2. The number of primary amides is 1. The first-order valence-corrected chi connectivity index (χ1v) is 7.49. The van der Waals surface area contributed by atoms with Crippen molar-refractivity contribution in [2.24, 2.45) is 5.73 Å². The third kappa shape index (κ3) is 4.74. The molecule has 0 radical (unpaired) electrons. The molecule has 0 unspecified atom stereocenters. The van der Waals surface area contributed by atoms with Gasteiger partial charge >= 0.3 is 5.97 Å². The fourth-order valence-electron chi connectivity index (χ4n) is 2.05. The van der Waals surface area contributed by atoms with E-state index in [0.717, 1.165) is 5.56 Å². The molecule has 6 nitrogen and oxygen atoms in total. The SMILES string of the molecule is CCOc1ccccc1COC(=O)COc1ccccc1C(N)=O. The normalized spacial score (nSPS) is 10.0. The van der Waals surface area contributed by atoms with Crippen LogP contribution in [0.25, 0.3) is 0 Å². The van der Waals surface area contributed by atoms with Crippen LogP contribution in [0.2, 0.25) is 0 Å². The molecule has 2 N–H and O–H groups in total. The van der Waals surface area contributed by atoms with E-state index in [0.29, 0.717) is 12.4 Å². The molecule has 0 spiro atoms. The molecule has 2 rings (SSSR count). The second-order valence-corrected chi connectivity index (χ2v) is 4.85. The lowest BCUT2D eigenvalue weighted by atomic mass is 10.2. The average molecular weight is 329 g/mol. The Kier molecular flexibility index (Phi) is 6.19. The highest BCUT2D eigenvalue weighted by Crippen LogP contribution is 2.19. The number of para-hydroxylation sites is 2. The number of rotatable bonds is 8. The molecule has 0 fully saturated rings. The summed E-state index contributed by atoms with van der Waals surface area (Å²) in [6.45, 7) is 2.17. The molecule has 0 aromatic heterocycles. The van der Waals surface area contributed by atoms with E-state index in [2.05, 4.69) is 0 Å². The minimum Gasteiger partial charge on any atom is -0.493 e. The van der Waals surface area contributed by atoms with Gasteiger partial charge in [0.15, 0.2) is 6.61 Å². The standard InChI is InChI=1S/C18H19NO5/c1-2-22-15-9-5-3-7-13(15)11-24-17(20)12-23-16-10-6-4-8-14(16)18(19)21/h3-10H,2,11-12H2,1H3,(H2,19,21). The van der Waals surface area contributed by atoms with Crippen LogP contribution in [0.3, 0.4) is 0 Å². The first-order chi connectivity index (χ1) is 11.6. The Balaban J connectivity index is 1.90. The topological polar surface area (TPSA) is 87.8 Å². The maximum atomic E-state index is 11.8. The molecule has 0 bridgehead atoms. The predicted octanol–water partition coefficient (Wildman–Crippen LogP) is 2.31. The zero-order chi connectivity index (χ0) is 17.4. The van der Waals surface area contributed by atoms with E-state index in [1.54, 1.807) is 18.2 Å². The van der Waals surface area contributed by atoms with E-state index in [1.807, 2.05) is 31.2 Å². The van der Waals surface area contributed by atoms with Crippen molar-refractivity contribution >= 4 is 11.9 Å². The van der Waals surface area contributed by atoms with Gasteiger partial charge in [0.1, 0.15) is 18.1 Å². The highest BCUT2D eigenvalue weighted by molar-refractivity contribution is 5.95. The monoisotopic (exact) mass is 329 g/mol. The molecule has 0 saturated heterocycles. The van der Waals surface area contributed by atoms with E-state index in [9.17, 15) is 9.59 Å². The van der Waals surface area contributed by atoms with Gasteiger partial charge in [-0.05, 0) is 25.1 Å². The van der Waals surface area contributed by atoms with Crippen molar-refractivity contribution in [2.75, 3.05) is 13.2 Å². The molecule has 1 amide bonds. The number of carbonyl (C=O) groups excluding carboxylic acids is 2. The smallest absolute Gasteiger partial charge is 0.344 e. The minimum atomic E-state index is -0.621. The Morgan fingerprint density at radius 1 is 0.958 bits per heavy atom. The predicted molar refractivity (Wildman–Crippen MR) is 87.9 cm³/mol. The minimum absolute atomic E-state index is 0.0792. The molecule has 0 aliphatic heterocycles. The fourth-order valence-corrected chi connectivity index (χ4v) is 2.05. The molecule has 24 heavy (non-hydrogen) atoms. The summed E-state index contributed by atoms with van der Waals surface area (Å²) in [6.07, 6.45) is 0. The second-order valence-electron chi connectivity index (χ2n) is 4.85. The highest BCUT2D eigenvalue weighted by atomic mass is 16.6. The lowest BCUT2D eigenvalue weighted by Gasteiger charge is -2.11. The first-order valence-electron chi connectivity index (χ1n) is 7.49. The number of hydrogen-bond donors (Lipinski definition) is 1. The van der Waals surface area contributed by atoms with E-state index >= 15 is 0 Å². The summed E-state index contributed by atoms with van der Waals surface area (Å²) in [4.78, 5) is 23.1. The molecule has 0 aliphatic rings.